The van der Waals surface area contributed by atoms with Crippen LogP contribution in [0, 0.1) is 5.82 Å². The first kappa shape index (κ1) is 20.0. The summed E-state index contributed by atoms with van der Waals surface area (Å²) in [6.07, 6.45) is 3.23. The van der Waals surface area contributed by atoms with Gasteiger partial charge in [0.25, 0.3) is 5.91 Å². The third kappa shape index (κ3) is 4.04. The molecule has 0 saturated carbocycles. The highest BCUT2D eigenvalue weighted by atomic mass is 19.1. The minimum atomic E-state index is -0.897. The molecule has 2 N–H and O–H groups in total. The predicted octanol–water partition coefficient (Wildman–Crippen LogP) is 3.09. The normalized spacial score (nSPS) is 10.8. The Labute approximate surface area is 174 Å². The summed E-state index contributed by atoms with van der Waals surface area (Å²) in [5.41, 5.74) is 1.19. The number of amides is 1. The van der Waals surface area contributed by atoms with Crippen molar-refractivity contribution in [3.63, 3.8) is 0 Å². The van der Waals surface area contributed by atoms with Crippen LogP contribution in [-0.4, -0.2) is 39.2 Å². The van der Waals surface area contributed by atoms with Crippen LogP contribution in [0.25, 0.3) is 10.9 Å². The molecule has 4 aromatic rings. The van der Waals surface area contributed by atoms with Gasteiger partial charge >= 0.3 is 5.97 Å². The number of ether oxygens (including phenoxy) is 1. The van der Waals surface area contributed by atoms with Crippen molar-refractivity contribution in [2.24, 2.45) is 0 Å². The Bertz CT molecular complexity index is 1270. The highest BCUT2D eigenvalue weighted by Crippen LogP contribution is 2.32. The molecule has 0 aliphatic heterocycles. The summed E-state index contributed by atoms with van der Waals surface area (Å²) in [5, 5.41) is 16.8. The number of nitrogens with zero attached hydrogens (tertiary/aromatic N) is 3. The van der Waals surface area contributed by atoms with Crippen molar-refractivity contribution in [2.75, 3.05) is 12.4 Å². The second kappa shape index (κ2) is 8.19. The van der Waals surface area contributed by atoms with E-state index in [1.54, 1.807) is 18.2 Å². The van der Waals surface area contributed by atoms with Crippen molar-refractivity contribution in [3.05, 3.63) is 77.2 Å². The Balaban J connectivity index is 1.80. The lowest BCUT2D eigenvalue weighted by Crippen LogP contribution is -2.15. The van der Waals surface area contributed by atoms with Gasteiger partial charge in [0.2, 0.25) is 5.76 Å². The van der Waals surface area contributed by atoms with Crippen LogP contribution in [0.4, 0.5) is 10.2 Å². The molecular weight excluding hydrogens is 407 g/mol. The molecule has 9 nitrogen and oxygen atoms in total. The summed E-state index contributed by atoms with van der Waals surface area (Å²) in [5.74, 6) is -2.47. The number of esters is 1. The molecule has 1 aromatic carbocycles. The first-order valence-corrected chi connectivity index (χ1v) is 9.02. The number of nitrogens with one attached hydrogen (secondary N) is 1. The smallest absolute Gasteiger partial charge is 0.360 e. The number of anilines is 1. The molecule has 31 heavy (non-hydrogen) atoms. The third-order valence-corrected chi connectivity index (χ3v) is 4.47. The highest BCUT2D eigenvalue weighted by Gasteiger charge is 2.23. The molecule has 0 fully saturated rings. The standard InChI is InChI=1S/C21H15FN4O5/c1-30-21(29)17-18(27)16-14(19(25-17)26-20(28)15-6-7-24-31-15)9-12(10-23-16)8-11-2-4-13(22)5-3-11/h2-7,9-10,27H,8H2,1H3,(H,25,26,28). The van der Waals surface area contributed by atoms with Crippen LogP contribution < -0.4 is 5.32 Å². The number of rotatable bonds is 5. The van der Waals surface area contributed by atoms with Crippen LogP contribution in [0.2, 0.25) is 0 Å². The van der Waals surface area contributed by atoms with Gasteiger partial charge in [-0.1, -0.05) is 17.3 Å². The fourth-order valence-electron chi connectivity index (χ4n) is 2.99. The molecule has 10 heteroatoms. The van der Waals surface area contributed by atoms with Crippen molar-refractivity contribution in [2.45, 2.75) is 6.42 Å². The summed E-state index contributed by atoms with van der Waals surface area (Å²) in [6, 6.07) is 9.00. The summed E-state index contributed by atoms with van der Waals surface area (Å²) < 4.78 is 22.6. The molecule has 1 amide bonds. The number of halogens is 1. The number of methoxy groups -OCH3 is 1. The van der Waals surface area contributed by atoms with Crippen LogP contribution in [-0.2, 0) is 11.2 Å². The zero-order valence-corrected chi connectivity index (χ0v) is 16.1. The molecule has 3 heterocycles. The monoisotopic (exact) mass is 422 g/mol. The maximum atomic E-state index is 13.2. The van der Waals surface area contributed by atoms with Gasteiger partial charge < -0.3 is 19.7 Å². The Morgan fingerprint density at radius 3 is 2.65 bits per heavy atom. The first-order chi connectivity index (χ1) is 15.0. The third-order valence-electron chi connectivity index (χ3n) is 4.47. The van der Waals surface area contributed by atoms with Gasteiger partial charge in [0, 0.05) is 17.6 Å². The average Bonchev–Trinajstić information content (AvgIpc) is 3.32. The second-order valence-electron chi connectivity index (χ2n) is 6.52. The quantitative estimate of drug-likeness (QED) is 0.470. The molecule has 0 aliphatic rings. The molecule has 4 rings (SSSR count). The Hall–Kier alpha value is -4.34. The summed E-state index contributed by atoms with van der Waals surface area (Å²) in [7, 11) is 1.14. The lowest BCUT2D eigenvalue weighted by molar-refractivity contribution is 0.0590. The minimum Gasteiger partial charge on any atom is -0.504 e. The number of carbonyl (C=O) groups is 2. The summed E-state index contributed by atoms with van der Waals surface area (Å²) >= 11 is 0. The Kier molecular flexibility index (Phi) is 5.27. The molecule has 0 spiro atoms. The highest BCUT2D eigenvalue weighted by molar-refractivity contribution is 6.09. The lowest BCUT2D eigenvalue weighted by Gasteiger charge is -2.12. The maximum Gasteiger partial charge on any atom is 0.360 e. The maximum absolute atomic E-state index is 13.2. The van der Waals surface area contributed by atoms with Crippen LogP contribution in [0.5, 0.6) is 5.75 Å². The second-order valence-corrected chi connectivity index (χ2v) is 6.52. The van der Waals surface area contributed by atoms with E-state index in [-0.39, 0.29) is 28.3 Å². The number of benzene rings is 1. The Morgan fingerprint density at radius 2 is 1.97 bits per heavy atom. The molecule has 156 valence electrons. The fraction of sp³-hybridized carbons (Fsp3) is 0.0952. The van der Waals surface area contributed by atoms with Gasteiger partial charge in [-0.25, -0.2) is 14.2 Å². The summed E-state index contributed by atoms with van der Waals surface area (Å²) in [6.45, 7) is 0. The Morgan fingerprint density at radius 1 is 1.19 bits per heavy atom. The largest absolute Gasteiger partial charge is 0.504 e. The predicted molar refractivity (Wildman–Crippen MR) is 106 cm³/mol. The van der Waals surface area contributed by atoms with Crippen molar-refractivity contribution < 1.29 is 28.3 Å². The van der Waals surface area contributed by atoms with Gasteiger partial charge in [0.1, 0.15) is 17.2 Å². The van der Waals surface area contributed by atoms with Crippen LogP contribution in [0.1, 0.15) is 32.2 Å². The van der Waals surface area contributed by atoms with Gasteiger partial charge in [-0.3, -0.25) is 9.78 Å². The van der Waals surface area contributed by atoms with E-state index >= 15 is 0 Å². The van der Waals surface area contributed by atoms with E-state index in [2.05, 4.69) is 25.2 Å². The number of pyridine rings is 2. The molecule has 0 atom stereocenters. The molecule has 0 radical (unpaired) electrons. The van der Waals surface area contributed by atoms with E-state index < -0.39 is 23.3 Å². The molecular formula is C21H15FN4O5. The molecule has 0 bridgehead atoms. The van der Waals surface area contributed by atoms with Crippen LogP contribution >= 0.6 is 0 Å². The zero-order chi connectivity index (χ0) is 22.0. The minimum absolute atomic E-state index is 0.0249. The lowest BCUT2D eigenvalue weighted by atomic mass is 10.0. The van der Waals surface area contributed by atoms with Crippen molar-refractivity contribution in [1.29, 1.82) is 0 Å². The van der Waals surface area contributed by atoms with Crippen LogP contribution in [0.15, 0.2) is 53.3 Å². The van der Waals surface area contributed by atoms with E-state index in [1.807, 2.05) is 0 Å². The van der Waals surface area contributed by atoms with Crippen molar-refractivity contribution >= 4 is 28.6 Å². The first-order valence-electron chi connectivity index (χ1n) is 9.02. The molecule has 3 aromatic heterocycles. The van der Waals surface area contributed by atoms with Crippen molar-refractivity contribution in [1.82, 2.24) is 15.1 Å². The SMILES string of the molecule is COC(=O)c1nc(NC(=O)c2ccno2)c2cc(Cc3ccc(F)cc3)cnc2c1O. The fourth-order valence-corrected chi connectivity index (χ4v) is 2.99. The van der Waals surface area contributed by atoms with E-state index in [0.717, 1.165) is 12.7 Å². The van der Waals surface area contributed by atoms with Gasteiger partial charge in [-0.05, 0) is 35.7 Å². The van der Waals surface area contributed by atoms with Gasteiger partial charge in [-0.15, -0.1) is 0 Å². The topological polar surface area (TPSA) is 127 Å². The average molecular weight is 422 g/mol. The summed E-state index contributed by atoms with van der Waals surface area (Å²) in [4.78, 5) is 32.8. The van der Waals surface area contributed by atoms with Gasteiger partial charge in [-0.2, -0.15) is 0 Å². The number of aromatic hydroxyl groups is 1. The van der Waals surface area contributed by atoms with E-state index in [4.69, 9.17) is 4.52 Å². The van der Waals surface area contributed by atoms with Gasteiger partial charge in [0.15, 0.2) is 11.4 Å². The van der Waals surface area contributed by atoms with E-state index in [0.29, 0.717) is 12.0 Å². The number of aromatic nitrogens is 3. The number of fused-ring (bicyclic) bond motifs is 1. The zero-order valence-electron chi connectivity index (χ0n) is 16.1. The number of hydrogen-bond acceptors (Lipinski definition) is 8. The number of carbonyl (C=O) groups excluding carboxylic acids is 2. The molecule has 0 aliphatic carbocycles. The van der Waals surface area contributed by atoms with E-state index in [1.165, 1.54) is 30.6 Å². The molecule has 0 saturated heterocycles. The number of hydrogen-bond donors (Lipinski definition) is 2. The van der Waals surface area contributed by atoms with Crippen LogP contribution in [0.3, 0.4) is 0 Å². The van der Waals surface area contributed by atoms with E-state index in [9.17, 15) is 19.1 Å². The van der Waals surface area contributed by atoms with Gasteiger partial charge in [0.05, 0.1) is 13.3 Å². The van der Waals surface area contributed by atoms with Crippen molar-refractivity contribution in [3.8, 4) is 5.75 Å². The molecule has 0 unspecified atom stereocenters.